The van der Waals surface area contributed by atoms with Gasteiger partial charge in [0.05, 0.1) is 3.92 Å². The summed E-state index contributed by atoms with van der Waals surface area (Å²) in [5.74, 6) is -0.258. The van der Waals surface area contributed by atoms with Crippen LogP contribution >= 0.6 is 22.6 Å². The van der Waals surface area contributed by atoms with Gasteiger partial charge < -0.3 is 5.73 Å². The van der Waals surface area contributed by atoms with Crippen molar-refractivity contribution in [3.05, 3.63) is 60.2 Å². The molecule has 3 heteroatoms. The standard InChI is InChI=1S/C19H14INO/c20-16(19(21)22)10-14-7-6-13-5-4-11-2-1-3-12-8-9-15(14)18(13)17(11)12/h1-9,16H,10H2,(H2,21,22). The van der Waals surface area contributed by atoms with Crippen LogP contribution < -0.4 is 5.73 Å². The molecule has 4 aromatic rings. The highest BCUT2D eigenvalue weighted by atomic mass is 127. The minimum absolute atomic E-state index is 0.184. The second-order valence-corrected chi connectivity index (χ2v) is 7.16. The van der Waals surface area contributed by atoms with Crippen LogP contribution in [0.2, 0.25) is 0 Å². The van der Waals surface area contributed by atoms with Gasteiger partial charge in [0.15, 0.2) is 0 Å². The summed E-state index contributed by atoms with van der Waals surface area (Å²) in [5, 5.41) is 7.59. The van der Waals surface area contributed by atoms with Crippen LogP contribution in [0.5, 0.6) is 0 Å². The Labute approximate surface area is 141 Å². The van der Waals surface area contributed by atoms with Crippen molar-refractivity contribution in [2.24, 2.45) is 5.73 Å². The number of alkyl halides is 1. The van der Waals surface area contributed by atoms with E-state index >= 15 is 0 Å². The predicted molar refractivity (Wildman–Crippen MR) is 101 cm³/mol. The summed E-state index contributed by atoms with van der Waals surface area (Å²) in [6, 6.07) is 19.3. The topological polar surface area (TPSA) is 43.1 Å². The molecule has 0 saturated carbocycles. The molecule has 0 aliphatic carbocycles. The molecule has 0 radical (unpaired) electrons. The number of benzene rings is 4. The highest BCUT2D eigenvalue weighted by Gasteiger charge is 2.15. The fourth-order valence-corrected chi connectivity index (χ4v) is 3.74. The Morgan fingerprint density at radius 1 is 0.909 bits per heavy atom. The van der Waals surface area contributed by atoms with E-state index in [-0.39, 0.29) is 9.83 Å². The number of amides is 1. The minimum atomic E-state index is -0.258. The quantitative estimate of drug-likeness (QED) is 0.310. The van der Waals surface area contributed by atoms with Gasteiger partial charge in [-0.05, 0) is 44.3 Å². The Morgan fingerprint density at radius 2 is 1.50 bits per heavy atom. The number of hydrogen-bond acceptors (Lipinski definition) is 1. The van der Waals surface area contributed by atoms with Gasteiger partial charge in [-0.15, -0.1) is 0 Å². The Morgan fingerprint density at radius 3 is 2.18 bits per heavy atom. The molecule has 0 aliphatic rings. The van der Waals surface area contributed by atoms with Crippen LogP contribution in [0.15, 0.2) is 54.6 Å². The number of halogens is 1. The van der Waals surface area contributed by atoms with Crippen LogP contribution in [0.4, 0.5) is 0 Å². The Bertz CT molecular complexity index is 992. The largest absolute Gasteiger partial charge is 0.369 e. The Balaban J connectivity index is 2.06. The summed E-state index contributed by atoms with van der Waals surface area (Å²) in [6.45, 7) is 0. The highest BCUT2D eigenvalue weighted by molar-refractivity contribution is 14.1. The molecule has 2 N–H and O–H groups in total. The first kappa shape index (κ1) is 13.8. The van der Waals surface area contributed by atoms with Crippen LogP contribution in [0, 0.1) is 0 Å². The zero-order chi connectivity index (χ0) is 15.3. The van der Waals surface area contributed by atoms with E-state index in [1.54, 1.807) is 0 Å². The average Bonchev–Trinajstić information content (AvgIpc) is 2.53. The molecule has 1 unspecified atom stereocenters. The molecule has 0 fully saturated rings. The van der Waals surface area contributed by atoms with Crippen molar-refractivity contribution in [1.29, 1.82) is 0 Å². The van der Waals surface area contributed by atoms with E-state index in [1.165, 1.54) is 37.9 Å². The Kier molecular flexibility index (Phi) is 3.18. The highest BCUT2D eigenvalue weighted by Crippen LogP contribution is 2.36. The summed E-state index contributed by atoms with van der Waals surface area (Å²) in [4.78, 5) is 11.4. The number of carbonyl (C=O) groups is 1. The Hall–Kier alpha value is -1.88. The van der Waals surface area contributed by atoms with E-state index in [1.807, 2.05) is 0 Å². The lowest BCUT2D eigenvalue weighted by Crippen LogP contribution is -2.24. The lowest BCUT2D eigenvalue weighted by Gasteiger charge is -2.14. The normalized spacial score (nSPS) is 13.1. The number of rotatable bonds is 3. The minimum Gasteiger partial charge on any atom is -0.369 e. The van der Waals surface area contributed by atoms with Crippen molar-refractivity contribution in [3.63, 3.8) is 0 Å². The van der Waals surface area contributed by atoms with Gasteiger partial charge in [0.25, 0.3) is 0 Å². The maximum atomic E-state index is 11.4. The van der Waals surface area contributed by atoms with Crippen molar-refractivity contribution in [2.45, 2.75) is 10.3 Å². The van der Waals surface area contributed by atoms with Crippen molar-refractivity contribution in [1.82, 2.24) is 0 Å². The summed E-state index contributed by atoms with van der Waals surface area (Å²) in [6.07, 6.45) is 0.671. The molecule has 2 nitrogen and oxygen atoms in total. The molecule has 0 aromatic heterocycles. The molecule has 1 atom stereocenters. The third-order valence-corrected chi connectivity index (χ3v) is 5.38. The monoisotopic (exact) mass is 399 g/mol. The van der Waals surface area contributed by atoms with Crippen molar-refractivity contribution < 1.29 is 4.79 Å². The van der Waals surface area contributed by atoms with Gasteiger partial charge in [-0.3, -0.25) is 4.79 Å². The van der Waals surface area contributed by atoms with E-state index in [0.29, 0.717) is 6.42 Å². The second kappa shape index (κ2) is 5.09. The van der Waals surface area contributed by atoms with Crippen LogP contribution in [0.3, 0.4) is 0 Å². The average molecular weight is 399 g/mol. The van der Waals surface area contributed by atoms with Gasteiger partial charge in [-0.1, -0.05) is 77.2 Å². The zero-order valence-electron chi connectivity index (χ0n) is 11.8. The molecule has 4 rings (SSSR count). The van der Waals surface area contributed by atoms with Gasteiger partial charge in [0.2, 0.25) is 5.91 Å². The third kappa shape index (κ3) is 2.03. The summed E-state index contributed by atoms with van der Waals surface area (Å²) in [7, 11) is 0. The SMILES string of the molecule is NC(=O)C(I)Cc1ccc2ccc3cccc4ccc1c2c34. The van der Waals surface area contributed by atoms with E-state index in [4.69, 9.17) is 5.73 Å². The maximum absolute atomic E-state index is 11.4. The molecule has 0 heterocycles. The predicted octanol–water partition coefficient (Wildman–Crippen LogP) is 4.42. The molecular formula is C19H14INO. The van der Waals surface area contributed by atoms with E-state index in [2.05, 4.69) is 77.2 Å². The first-order chi connectivity index (χ1) is 10.6. The molecule has 1 amide bonds. The summed E-state index contributed by atoms with van der Waals surface area (Å²) in [5.41, 5.74) is 6.61. The van der Waals surface area contributed by atoms with E-state index in [0.717, 1.165) is 0 Å². The lowest BCUT2D eigenvalue weighted by molar-refractivity contribution is -0.117. The molecule has 108 valence electrons. The number of primary amides is 1. The number of carbonyl (C=O) groups excluding carboxylic acids is 1. The first-order valence-corrected chi connectivity index (χ1v) is 8.48. The van der Waals surface area contributed by atoms with Crippen LogP contribution in [0.1, 0.15) is 5.56 Å². The van der Waals surface area contributed by atoms with Gasteiger partial charge in [-0.2, -0.15) is 0 Å². The van der Waals surface area contributed by atoms with Gasteiger partial charge in [0, 0.05) is 0 Å². The fourth-order valence-electron chi connectivity index (χ4n) is 3.27. The first-order valence-electron chi connectivity index (χ1n) is 7.24. The molecule has 0 aliphatic heterocycles. The maximum Gasteiger partial charge on any atom is 0.230 e. The molecule has 0 saturated heterocycles. The van der Waals surface area contributed by atoms with Crippen molar-refractivity contribution in [3.8, 4) is 0 Å². The second-order valence-electron chi connectivity index (χ2n) is 5.65. The third-order valence-electron chi connectivity index (χ3n) is 4.33. The van der Waals surface area contributed by atoms with Crippen molar-refractivity contribution in [2.75, 3.05) is 0 Å². The number of nitrogens with two attached hydrogens (primary N) is 1. The summed E-state index contributed by atoms with van der Waals surface area (Å²) < 4.78 is -0.184. The van der Waals surface area contributed by atoms with Gasteiger partial charge in [-0.25, -0.2) is 0 Å². The molecule has 0 spiro atoms. The smallest absolute Gasteiger partial charge is 0.230 e. The van der Waals surface area contributed by atoms with Crippen LogP contribution in [-0.4, -0.2) is 9.83 Å². The lowest BCUT2D eigenvalue weighted by atomic mass is 9.91. The molecule has 4 aromatic carbocycles. The number of hydrogen-bond donors (Lipinski definition) is 1. The fraction of sp³-hybridized carbons (Fsp3) is 0.105. The van der Waals surface area contributed by atoms with Crippen LogP contribution in [-0.2, 0) is 11.2 Å². The molecule has 0 bridgehead atoms. The van der Waals surface area contributed by atoms with Crippen LogP contribution in [0.25, 0.3) is 32.3 Å². The zero-order valence-corrected chi connectivity index (χ0v) is 14.0. The van der Waals surface area contributed by atoms with E-state index < -0.39 is 0 Å². The molecular weight excluding hydrogens is 385 g/mol. The van der Waals surface area contributed by atoms with Gasteiger partial charge >= 0.3 is 0 Å². The molecule has 22 heavy (non-hydrogen) atoms. The van der Waals surface area contributed by atoms with E-state index in [9.17, 15) is 4.79 Å². The summed E-state index contributed by atoms with van der Waals surface area (Å²) >= 11 is 2.13. The van der Waals surface area contributed by atoms with Crippen molar-refractivity contribution >= 4 is 60.8 Å². The van der Waals surface area contributed by atoms with Gasteiger partial charge in [0.1, 0.15) is 0 Å².